The third kappa shape index (κ3) is 4.25. The van der Waals surface area contributed by atoms with Crippen LogP contribution in [0, 0.1) is 12.7 Å². The third-order valence-corrected chi connectivity index (χ3v) is 3.97. The van der Waals surface area contributed by atoms with Crippen LogP contribution < -0.4 is 5.32 Å². The number of carbonyl (C=O) groups is 1. The van der Waals surface area contributed by atoms with Crippen molar-refractivity contribution in [2.45, 2.75) is 19.8 Å². The molecule has 3 rings (SSSR count). The van der Waals surface area contributed by atoms with Gasteiger partial charge in [0, 0.05) is 17.5 Å². The van der Waals surface area contributed by atoms with Crippen molar-refractivity contribution in [2.75, 3.05) is 5.32 Å². The van der Waals surface area contributed by atoms with Crippen LogP contribution in [0.25, 0.3) is 5.69 Å². The maximum atomic E-state index is 13.6. The van der Waals surface area contributed by atoms with Gasteiger partial charge in [-0.2, -0.15) is 5.10 Å². The van der Waals surface area contributed by atoms with Gasteiger partial charge in [-0.25, -0.2) is 9.07 Å². The molecule has 0 spiro atoms. The molecule has 4 nitrogen and oxygen atoms in total. The van der Waals surface area contributed by atoms with Gasteiger partial charge in [0.05, 0.1) is 11.4 Å². The van der Waals surface area contributed by atoms with Crippen molar-refractivity contribution in [3.63, 3.8) is 0 Å². The number of rotatable bonds is 5. The van der Waals surface area contributed by atoms with E-state index in [1.807, 2.05) is 19.1 Å². The van der Waals surface area contributed by atoms with Crippen molar-refractivity contribution in [3.05, 3.63) is 76.7 Å². The van der Waals surface area contributed by atoms with Crippen LogP contribution in [0.3, 0.4) is 0 Å². The number of halogens is 2. The number of aromatic nitrogens is 2. The van der Waals surface area contributed by atoms with E-state index in [1.165, 1.54) is 6.07 Å². The Morgan fingerprint density at radius 3 is 2.76 bits per heavy atom. The fourth-order valence-corrected chi connectivity index (χ4v) is 2.73. The van der Waals surface area contributed by atoms with Crippen LogP contribution in [-0.4, -0.2) is 15.7 Å². The normalized spacial score (nSPS) is 10.7. The Hall–Kier alpha value is -2.66. The molecule has 0 saturated heterocycles. The highest BCUT2D eigenvalue weighted by Crippen LogP contribution is 2.20. The van der Waals surface area contributed by atoms with E-state index >= 15 is 0 Å². The van der Waals surface area contributed by atoms with Gasteiger partial charge in [-0.3, -0.25) is 4.79 Å². The van der Waals surface area contributed by atoms with Crippen molar-refractivity contribution < 1.29 is 9.18 Å². The molecule has 1 amide bonds. The second-order valence-corrected chi connectivity index (χ2v) is 6.14. The highest BCUT2D eigenvalue weighted by molar-refractivity contribution is 6.30. The maximum absolute atomic E-state index is 13.6. The van der Waals surface area contributed by atoms with E-state index in [0.717, 1.165) is 11.4 Å². The van der Waals surface area contributed by atoms with Crippen molar-refractivity contribution >= 4 is 23.3 Å². The predicted octanol–water partition coefficient (Wildman–Crippen LogP) is 4.54. The largest absolute Gasteiger partial charge is 0.311 e. The molecule has 2 aromatic carbocycles. The second kappa shape index (κ2) is 7.49. The van der Waals surface area contributed by atoms with Crippen molar-refractivity contribution in [1.29, 1.82) is 0 Å². The molecule has 3 aromatic rings. The van der Waals surface area contributed by atoms with Gasteiger partial charge in [0.1, 0.15) is 11.6 Å². The Morgan fingerprint density at radius 2 is 2.00 bits per heavy atom. The molecule has 0 unspecified atom stereocenters. The third-order valence-electron chi connectivity index (χ3n) is 3.73. The van der Waals surface area contributed by atoms with E-state index in [9.17, 15) is 9.18 Å². The number of carbonyl (C=O) groups excluding carboxylic acids is 1. The van der Waals surface area contributed by atoms with Gasteiger partial charge >= 0.3 is 0 Å². The standard InChI is InChI=1S/C19H17ClFN3O/c1-13-11-18(24(23-13)16-7-4-6-15(20)12-16)22-19(25)10-9-14-5-2-3-8-17(14)21/h2-8,11-12H,9-10H2,1H3,(H,22,25). The Bertz CT molecular complexity index is 907. The molecule has 1 N–H and O–H groups in total. The summed E-state index contributed by atoms with van der Waals surface area (Å²) < 4.78 is 15.3. The number of aryl methyl sites for hydroxylation is 2. The molecule has 0 bridgehead atoms. The molecule has 0 saturated carbocycles. The molecule has 6 heteroatoms. The van der Waals surface area contributed by atoms with E-state index in [1.54, 1.807) is 41.1 Å². The number of nitrogens with zero attached hydrogens (tertiary/aromatic N) is 2. The number of benzene rings is 2. The summed E-state index contributed by atoms with van der Waals surface area (Å²) in [6.07, 6.45) is 0.517. The minimum absolute atomic E-state index is 0.181. The fraction of sp³-hybridized carbons (Fsp3) is 0.158. The number of hydrogen-bond donors (Lipinski definition) is 1. The number of hydrogen-bond acceptors (Lipinski definition) is 2. The van der Waals surface area contributed by atoms with E-state index in [0.29, 0.717) is 22.8 Å². The maximum Gasteiger partial charge on any atom is 0.225 e. The van der Waals surface area contributed by atoms with E-state index in [2.05, 4.69) is 10.4 Å². The van der Waals surface area contributed by atoms with Crippen LogP contribution in [0.1, 0.15) is 17.7 Å². The van der Waals surface area contributed by atoms with Gasteiger partial charge in [0.2, 0.25) is 5.91 Å². The first-order chi connectivity index (χ1) is 12.0. The van der Waals surface area contributed by atoms with Crippen molar-refractivity contribution in [1.82, 2.24) is 9.78 Å². The number of amides is 1. The van der Waals surface area contributed by atoms with Gasteiger partial charge < -0.3 is 5.32 Å². The summed E-state index contributed by atoms with van der Waals surface area (Å²) in [7, 11) is 0. The van der Waals surface area contributed by atoms with Crippen LogP contribution >= 0.6 is 11.6 Å². The number of anilines is 1. The quantitative estimate of drug-likeness (QED) is 0.728. The molecule has 0 radical (unpaired) electrons. The van der Waals surface area contributed by atoms with Gasteiger partial charge in [0.25, 0.3) is 0 Å². The molecule has 0 aliphatic carbocycles. The highest BCUT2D eigenvalue weighted by Gasteiger charge is 2.12. The minimum atomic E-state index is -0.296. The molecule has 128 valence electrons. The Morgan fingerprint density at radius 1 is 1.20 bits per heavy atom. The average molecular weight is 358 g/mol. The fourth-order valence-electron chi connectivity index (χ4n) is 2.55. The lowest BCUT2D eigenvalue weighted by atomic mass is 10.1. The zero-order chi connectivity index (χ0) is 17.8. The summed E-state index contributed by atoms with van der Waals surface area (Å²) in [4.78, 5) is 12.3. The summed E-state index contributed by atoms with van der Waals surface area (Å²) in [5.41, 5.74) is 2.05. The van der Waals surface area contributed by atoms with Crippen molar-refractivity contribution in [3.8, 4) is 5.69 Å². The highest BCUT2D eigenvalue weighted by atomic mass is 35.5. The Kier molecular flexibility index (Phi) is 5.14. The lowest BCUT2D eigenvalue weighted by molar-refractivity contribution is -0.116. The molecule has 25 heavy (non-hydrogen) atoms. The SMILES string of the molecule is Cc1cc(NC(=O)CCc2ccccc2F)n(-c2cccc(Cl)c2)n1. The Balaban J connectivity index is 1.73. The van der Waals surface area contributed by atoms with Gasteiger partial charge in [0.15, 0.2) is 0 Å². The Labute approximate surface area is 150 Å². The van der Waals surface area contributed by atoms with Gasteiger partial charge in [-0.1, -0.05) is 35.9 Å². The summed E-state index contributed by atoms with van der Waals surface area (Å²) in [6, 6.07) is 15.5. The first kappa shape index (κ1) is 17.2. The van der Waals surface area contributed by atoms with Crippen LogP contribution in [-0.2, 0) is 11.2 Å². The summed E-state index contributed by atoms with van der Waals surface area (Å²) in [5.74, 6) is 0.0554. The van der Waals surface area contributed by atoms with Crippen molar-refractivity contribution in [2.24, 2.45) is 0 Å². The van der Waals surface area contributed by atoms with Crippen LogP contribution in [0.2, 0.25) is 5.02 Å². The number of nitrogens with one attached hydrogen (secondary N) is 1. The van der Waals surface area contributed by atoms with E-state index in [4.69, 9.17) is 11.6 Å². The summed E-state index contributed by atoms with van der Waals surface area (Å²) in [6.45, 7) is 1.84. The minimum Gasteiger partial charge on any atom is -0.311 e. The zero-order valence-electron chi connectivity index (χ0n) is 13.7. The molecule has 1 aromatic heterocycles. The average Bonchev–Trinajstić information content (AvgIpc) is 2.94. The molecule has 0 aliphatic heterocycles. The summed E-state index contributed by atoms with van der Waals surface area (Å²) in [5, 5.41) is 7.81. The van der Waals surface area contributed by atoms with E-state index in [-0.39, 0.29) is 18.1 Å². The van der Waals surface area contributed by atoms with Crippen LogP contribution in [0.4, 0.5) is 10.2 Å². The molecule has 0 fully saturated rings. The lowest BCUT2D eigenvalue weighted by Crippen LogP contribution is -2.15. The monoisotopic (exact) mass is 357 g/mol. The molecule has 1 heterocycles. The molecular formula is C19H17ClFN3O. The molecule has 0 atom stereocenters. The van der Waals surface area contributed by atoms with Gasteiger partial charge in [-0.05, 0) is 43.2 Å². The molecule has 0 aliphatic rings. The molecular weight excluding hydrogens is 341 g/mol. The first-order valence-electron chi connectivity index (χ1n) is 7.89. The first-order valence-corrected chi connectivity index (χ1v) is 8.26. The van der Waals surface area contributed by atoms with Crippen LogP contribution in [0.5, 0.6) is 0 Å². The zero-order valence-corrected chi connectivity index (χ0v) is 14.4. The smallest absolute Gasteiger partial charge is 0.225 e. The van der Waals surface area contributed by atoms with E-state index < -0.39 is 0 Å². The lowest BCUT2D eigenvalue weighted by Gasteiger charge is -2.09. The predicted molar refractivity (Wildman–Crippen MR) is 96.7 cm³/mol. The van der Waals surface area contributed by atoms with Gasteiger partial charge in [-0.15, -0.1) is 0 Å². The second-order valence-electron chi connectivity index (χ2n) is 5.70. The summed E-state index contributed by atoms with van der Waals surface area (Å²) >= 11 is 6.03. The van der Waals surface area contributed by atoms with Crippen LogP contribution in [0.15, 0.2) is 54.6 Å². The topological polar surface area (TPSA) is 46.9 Å².